The number of rotatable bonds is 5. The zero-order chi connectivity index (χ0) is 18.5. The van der Waals surface area contributed by atoms with E-state index in [0.717, 1.165) is 5.56 Å². The summed E-state index contributed by atoms with van der Waals surface area (Å²) in [6.45, 7) is 1.27. The topological polar surface area (TPSA) is 73.8 Å². The fraction of sp³-hybridized carbons (Fsp3) is 0.211. The zero-order valence-electron chi connectivity index (χ0n) is 14.7. The van der Waals surface area contributed by atoms with Gasteiger partial charge in [0, 0.05) is 31.7 Å². The van der Waals surface area contributed by atoms with Gasteiger partial charge in [-0.3, -0.25) is 19.5 Å². The van der Waals surface area contributed by atoms with Crippen molar-refractivity contribution in [2.45, 2.75) is 6.54 Å². The highest BCUT2D eigenvalue weighted by molar-refractivity contribution is 14.0. The van der Waals surface area contributed by atoms with E-state index in [4.69, 9.17) is 11.6 Å². The minimum absolute atomic E-state index is 0. The van der Waals surface area contributed by atoms with E-state index in [2.05, 4.69) is 15.6 Å². The second-order valence-electron chi connectivity index (χ2n) is 5.79. The van der Waals surface area contributed by atoms with Gasteiger partial charge in [0.15, 0.2) is 5.96 Å². The van der Waals surface area contributed by atoms with Crippen molar-refractivity contribution in [2.75, 3.05) is 20.1 Å². The van der Waals surface area contributed by atoms with Crippen LogP contribution in [0, 0.1) is 0 Å². The van der Waals surface area contributed by atoms with Gasteiger partial charge >= 0.3 is 0 Å². The third-order valence-corrected chi connectivity index (χ3v) is 4.35. The summed E-state index contributed by atoms with van der Waals surface area (Å²) in [5.41, 5.74) is 1.99. The maximum absolute atomic E-state index is 12.3. The van der Waals surface area contributed by atoms with Crippen molar-refractivity contribution in [3.05, 3.63) is 70.2 Å². The predicted molar refractivity (Wildman–Crippen MR) is 117 cm³/mol. The average molecular weight is 499 g/mol. The molecule has 3 rings (SSSR count). The Balaban J connectivity index is 0.00000261. The van der Waals surface area contributed by atoms with Crippen LogP contribution in [0.25, 0.3) is 0 Å². The van der Waals surface area contributed by atoms with E-state index >= 15 is 0 Å². The van der Waals surface area contributed by atoms with Crippen LogP contribution >= 0.6 is 35.6 Å². The molecule has 27 heavy (non-hydrogen) atoms. The number of guanidine groups is 1. The number of aliphatic imine (C=N–C) groups is 1. The van der Waals surface area contributed by atoms with Crippen LogP contribution < -0.4 is 10.6 Å². The van der Waals surface area contributed by atoms with Gasteiger partial charge in [0.1, 0.15) is 0 Å². The summed E-state index contributed by atoms with van der Waals surface area (Å²) in [4.78, 5) is 30.0. The molecule has 0 saturated heterocycles. The molecule has 8 heteroatoms. The number of nitrogens with zero attached hydrogens (tertiary/aromatic N) is 2. The Labute approximate surface area is 180 Å². The molecule has 0 unspecified atom stereocenters. The molecule has 0 bridgehead atoms. The van der Waals surface area contributed by atoms with Crippen LogP contribution in [0.5, 0.6) is 0 Å². The first kappa shape index (κ1) is 21.2. The van der Waals surface area contributed by atoms with E-state index < -0.39 is 0 Å². The van der Waals surface area contributed by atoms with Gasteiger partial charge in [0.05, 0.1) is 11.1 Å². The Bertz CT molecular complexity index is 820. The second-order valence-corrected chi connectivity index (χ2v) is 6.22. The summed E-state index contributed by atoms with van der Waals surface area (Å²) in [7, 11) is 1.67. The molecule has 2 N–H and O–H groups in total. The lowest BCUT2D eigenvalue weighted by Crippen LogP contribution is -2.42. The molecule has 2 amide bonds. The van der Waals surface area contributed by atoms with Crippen LogP contribution in [-0.2, 0) is 6.54 Å². The highest BCUT2D eigenvalue weighted by atomic mass is 127. The molecule has 2 aromatic carbocycles. The summed E-state index contributed by atoms with van der Waals surface area (Å²) < 4.78 is 0. The van der Waals surface area contributed by atoms with Gasteiger partial charge in [-0.1, -0.05) is 35.9 Å². The quantitative estimate of drug-likeness (QED) is 0.288. The average Bonchev–Trinajstić information content (AvgIpc) is 2.91. The number of carbonyl (C=O) groups is 2. The van der Waals surface area contributed by atoms with Crippen LogP contribution in [0.15, 0.2) is 53.5 Å². The maximum atomic E-state index is 12.3. The molecule has 2 aromatic rings. The highest BCUT2D eigenvalue weighted by Gasteiger charge is 2.34. The Morgan fingerprint density at radius 1 is 1.00 bits per heavy atom. The number of amides is 2. The number of carbonyl (C=O) groups excluding carboxylic acids is 2. The van der Waals surface area contributed by atoms with Crippen molar-refractivity contribution in [2.24, 2.45) is 4.99 Å². The van der Waals surface area contributed by atoms with Gasteiger partial charge in [0.25, 0.3) is 11.8 Å². The predicted octanol–water partition coefficient (Wildman–Crippen LogP) is 2.92. The molecule has 1 heterocycles. The van der Waals surface area contributed by atoms with Crippen LogP contribution in [0.1, 0.15) is 26.3 Å². The van der Waals surface area contributed by atoms with E-state index in [1.165, 1.54) is 4.90 Å². The minimum atomic E-state index is -0.253. The lowest BCUT2D eigenvalue weighted by molar-refractivity contribution is 0.0657. The summed E-state index contributed by atoms with van der Waals surface area (Å²) in [5, 5.41) is 6.98. The Kier molecular flexibility index (Phi) is 7.61. The molecule has 0 atom stereocenters. The lowest BCUT2D eigenvalue weighted by atomic mass is 10.1. The molecule has 142 valence electrons. The van der Waals surface area contributed by atoms with Crippen LogP contribution in [0.2, 0.25) is 5.02 Å². The lowest BCUT2D eigenvalue weighted by Gasteiger charge is -2.16. The standard InChI is InChI=1S/C19H19ClN4O2.HI/c1-21-19(23-12-13-6-8-14(20)9-7-13)22-10-11-24-17(25)15-4-2-3-5-16(15)18(24)26;/h2-9H,10-12H2,1H3,(H2,21,22,23);1H. The van der Waals surface area contributed by atoms with E-state index in [9.17, 15) is 9.59 Å². The zero-order valence-corrected chi connectivity index (χ0v) is 17.8. The minimum Gasteiger partial charge on any atom is -0.355 e. The molecule has 0 radical (unpaired) electrons. The molecule has 1 aliphatic rings. The number of benzene rings is 2. The van der Waals surface area contributed by atoms with E-state index in [1.54, 1.807) is 31.3 Å². The smallest absolute Gasteiger partial charge is 0.261 e. The van der Waals surface area contributed by atoms with Gasteiger partial charge in [-0.05, 0) is 29.8 Å². The number of halogens is 2. The molecular formula is C19H20ClIN4O2. The molecule has 0 aromatic heterocycles. The number of hydrogen-bond acceptors (Lipinski definition) is 3. The molecule has 6 nitrogen and oxygen atoms in total. The van der Waals surface area contributed by atoms with Crippen molar-refractivity contribution in [3.63, 3.8) is 0 Å². The Morgan fingerprint density at radius 3 is 2.15 bits per heavy atom. The van der Waals surface area contributed by atoms with E-state index in [1.807, 2.05) is 24.3 Å². The molecule has 0 spiro atoms. The number of imide groups is 1. The highest BCUT2D eigenvalue weighted by Crippen LogP contribution is 2.21. The second kappa shape index (κ2) is 9.70. The van der Waals surface area contributed by atoms with Crippen molar-refractivity contribution >= 4 is 53.4 Å². The number of fused-ring (bicyclic) bond motifs is 1. The van der Waals surface area contributed by atoms with Gasteiger partial charge in [-0.25, -0.2) is 0 Å². The monoisotopic (exact) mass is 498 g/mol. The number of nitrogens with one attached hydrogen (secondary N) is 2. The van der Waals surface area contributed by atoms with E-state index in [0.29, 0.717) is 35.2 Å². The third-order valence-electron chi connectivity index (χ3n) is 4.10. The van der Waals surface area contributed by atoms with Crippen molar-refractivity contribution < 1.29 is 9.59 Å². The molecule has 1 aliphatic heterocycles. The Hall–Kier alpha value is -2.13. The van der Waals surface area contributed by atoms with Gasteiger partial charge in [-0.2, -0.15) is 0 Å². The SMILES string of the molecule is CN=C(NCCN1C(=O)c2ccccc2C1=O)NCc1ccc(Cl)cc1.I. The normalized spacial score (nSPS) is 13.3. The van der Waals surface area contributed by atoms with Gasteiger partial charge in [-0.15, -0.1) is 24.0 Å². The van der Waals surface area contributed by atoms with E-state index in [-0.39, 0.29) is 42.3 Å². The van der Waals surface area contributed by atoms with Gasteiger partial charge < -0.3 is 10.6 Å². The first-order chi connectivity index (χ1) is 12.6. The van der Waals surface area contributed by atoms with Crippen LogP contribution in [0.4, 0.5) is 0 Å². The van der Waals surface area contributed by atoms with Crippen LogP contribution in [0.3, 0.4) is 0 Å². The fourth-order valence-corrected chi connectivity index (χ4v) is 2.86. The third kappa shape index (κ3) is 4.98. The summed E-state index contributed by atoms with van der Waals surface area (Å²) in [6.07, 6.45) is 0. The molecule has 0 fully saturated rings. The van der Waals surface area contributed by atoms with Crippen LogP contribution in [-0.4, -0.2) is 42.8 Å². The van der Waals surface area contributed by atoms with Crippen molar-refractivity contribution in [3.8, 4) is 0 Å². The summed E-state index contributed by atoms with van der Waals surface area (Å²) in [6, 6.07) is 14.4. The largest absolute Gasteiger partial charge is 0.355 e. The number of hydrogen-bond donors (Lipinski definition) is 2. The summed E-state index contributed by atoms with van der Waals surface area (Å²) >= 11 is 5.87. The molecular weight excluding hydrogens is 479 g/mol. The molecule has 0 aliphatic carbocycles. The molecule has 0 saturated carbocycles. The Morgan fingerprint density at radius 2 is 1.59 bits per heavy atom. The van der Waals surface area contributed by atoms with Crippen molar-refractivity contribution in [1.82, 2.24) is 15.5 Å². The first-order valence-electron chi connectivity index (χ1n) is 8.24. The first-order valence-corrected chi connectivity index (χ1v) is 8.62. The fourth-order valence-electron chi connectivity index (χ4n) is 2.74. The van der Waals surface area contributed by atoms with Gasteiger partial charge in [0.2, 0.25) is 0 Å². The maximum Gasteiger partial charge on any atom is 0.261 e. The van der Waals surface area contributed by atoms with Crippen molar-refractivity contribution in [1.29, 1.82) is 0 Å². The summed E-state index contributed by atoms with van der Waals surface area (Å²) in [5.74, 6) is 0.0876.